The fourth-order valence-electron chi connectivity index (χ4n) is 2.20. The standard InChI is InChI=1S/C15H18FN3O2/c1-4-13-12(9-19(2)18-13)14(15(20)21-3)17-11-7-5-6-10(16)8-11/h5-9,14,17H,4H2,1-3H3. The van der Waals surface area contributed by atoms with Crippen LogP contribution in [0.2, 0.25) is 0 Å². The highest BCUT2D eigenvalue weighted by molar-refractivity contribution is 5.81. The minimum absolute atomic E-state index is 0.370. The first kappa shape index (κ1) is 15.0. The zero-order chi connectivity index (χ0) is 15.4. The molecule has 0 fully saturated rings. The number of aromatic nitrogens is 2. The molecule has 0 aliphatic rings. The van der Waals surface area contributed by atoms with Crippen LogP contribution in [0.1, 0.15) is 24.2 Å². The van der Waals surface area contributed by atoms with Crippen LogP contribution >= 0.6 is 0 Å². The average molecular weight is 291 g/mol. The summed E-state index contributed by atoms with van der Waals surface area (Å²) in [5, 5.41) is 7.33. The van der Waals surface area contributed by atoms with Crippen molar-refractivity contribution in [3.63, 3.8) is 0 Å². The van der Waals surface area contributed by atoms with Crippen molar-refractivity contribution in [2.24, 2.45) is 7.05 Å². The number of carbonyl (C=O) groups excluding carboxylic acids is 1. The number of hydrogen-bond donors (Lipinski definition) is 1. The van der Waals surface area contributed by atoms with Crippen LogP contribution in [0.15, 0.2) is 30.5 Å². The molecule has 1 atom stereocenters. The molecular weight excluding hydrogens is 273 g/mol. The number of hydrogen-bond acceptors (Lipinski definition) is 4. The molecule has 0 saturated carbocycles. The van der Waals surface area contributed by atoms with Crippen molar-refractivity contribution in [3.05, 3.63) is 47.5 Å². The van der Waals surface area contributed by atoms with Gasteiger partial charge >= 0.3 is 5.97 Å². The van der Waals surface area contributed by atoms with E-state index in [1.54, 1.807) is 30.1 Å². The van der Waals surface area contributed by atoms with E-state index in [9.17, 15) is 9.18 Å². The van der Waals surface area contributed by atoms with Crippen molar-refractivity contribution < 1.29 is 13.9 Å². The minimum Gasteiger partial charge on any atom is -0.467 e. The molecule has 1 heterocycles. The molecule has 0 aliphatic carbocycles. The Morgan fingerprint density at radius 3 is 2.90 bits per heavy atom. The number of benzene rings is 1. The molecule has 0 bridgehead atoms. The predicted octanol–water partition coefficient (Wildman–Crippen LogP) is 2.45. The van der Waals surface area contributed by atoms with E-state index < -0.39 is 12.0 Å². The number of rotatable bonds is 5. The molecule has 0 aliphatic heterocycles. The van der Waals surface area contributed by atoms with E-state index in [2.05, 4.69) is 10.4 Å². The maximum absolute atomic E-state index is 13.3. The topological polar surface area (TPSA) is 56.2 Å². The van der Waals surface area contributed by atoms with E-state index >= 15 is 0 Å². The Kier molecular flexibility index (Phi) is 4.57. The second kappa shape index (κ2) is 6.39. The summed E-state index contributed by atoms with van der Waals surface area (Å²) in [4.78, 5) is 12.1. The van der Waals surface area contributed by atoms with Crippen LogP contribution in [0.3, 0.4) is 0 Å². The average Bonchev–Trinajstić information content (AvgIpc) is 2.85. The van der Waals surface area contributed by atoms with E-state index in [4.69, 9.17) is 4.74 Å². The second-order valence-electron chi connectivity index (χ2n) is 4.67. The van der Waals surface area contributed by atoms with E-state index in [1.165, 1.54) is 19.2 Å². The molecule has 1 unspecified atom stereocenters. The third kappa shape index (κ3) is 3.39. The van der Waals surface area contributed by atoms with Gasteiger partial charge in [-0.15, -0.1) is 0 Å². The van der Waals surface area contributed by atoms with Crippen molar-refractivity contribution >= 4 is 11.7 Å². The van der Waals surface area contributed by atoms with Gasteiger partial charge in [0.1, 0.15) is 5.82 Å². The Labute approximate surface area is 122 Å². The molecule has 21 heavy (non-hydrogen) atoms. The van der Waals surface area contributed by atoms with Gasteiger partial charge in [-0.3, -0.25) is 4.68 Å². The summed E-state index contributed by atoms with van der Waals surface area (Å²) >= 11 is 0. The number of esters is 1. The molecule has 0 saturated heterocycles. The molecule has 0 radical (unpaired) electrons. The number of anilines is 1. The van der Waals surface area contributed by atoms with Gasteiger partial charge in [-0.25, -0.2) is 9.18 Å². The maximum atomic E-state index is 13.3. The summed E-state index contributed by atoms with van der Waals surface area (Å²) in [5.41, 5.74) is 2.05. The lowest BCUT2D eigenvalue weighted by Crippen LogP contribution is -2.23. The summed E-state index contributed by atoms with van der Waals surface area (Å²) < 4.78 is 19.8. The van der Waals surface area contributed by atoms with Gasteiger partial charge in [0.2, 0.25) is 0 Å². The predicted molar refractivity (Wildman–Crippen MR) is 77.4 cm³/mol. The van der Waals surface area contributed by atoms with Gasteiger partial charge in [-0.05, 0) is 24.6 Å². The van der Waals surface area contributed by atoms with Crippen LogP contribution in [0.4, 0.5) is 10.1 Å². The van der Waals surface area contributed by atoms with Gasteiger partial charge < -0.3 is 10.1 Å². The molecule has 1 aromatic carbocycles. The van der Waals surface area contributed by atoms with Crippen LogP contribution in [-0.4, -0.2) is 22.9 Å². The van der Waals surface area contributed by atoms with Crippen LogP contribution in [0.5, 0.6) is 0 Å². The lowest BCUT2D eigenvalue weighted by Gasteiger charge is -2.17. The Morgan fingerprint density at radius 2 is 2.29 bits per heavy atom. The number of nitrogens with zero attached hydrogens (tertiary/aromatic N) is 2. The SMILES string of the molecule is CCc1nn(C)cc1C(Nc1cccc(F)c1)C(=O)OC. The van der Waals surface area contributed by atoms with Crippen molar-refractivity contribution in [2.45, 2.75) is 19.4 Å². The van der Waals surface area contributed by atoms with Gasteiger partial charge in [0.15, 0.2) is 6.04 Å². The van der Waals surface area contributed by atoms with Gasteiger partial charge in [-0.2, -0.15) is 5.10 Å². The monoisotopic (exact) mass is 291 g/mol. The molecule has 0 amide bonds. The van der Waals surface area contributed by atoms with Gasteiger partial charge in [-0.1, -0.05) is 13.0 Å². The highest BCUT2D eigenvalue weighted by Crippen LogP contribution is 2.24. The molecule has 112 valence electrons. The zero-order valence-corrected chi connectivity index (χ0v) is 12.3. The Balaban J connectivity index is 2.36. The minimum atomic E-state index is -0.722. The first-order valence-corrected chi connectivity index (χ1v) is 6.67. The zero-order valence-electron chi connectivity index (χ0n) is 12.3. The molecule has 1 N–H and O–H groups in total. The summed E-state index contributed by atoms with van der Waals surface area (Å²) in [6, 6.07) is 5.23. The summed E-state index contributed by atoms with van der Waals surface area (Å²) in [6.07, 6.45) is 2.46. The van der Waals surface area contributed by atoms with Crippen molar-refractivity contribution in [2.75, 3.05) is 12.4 Å². The quantitative estimate of drug-likeness (QED) is 0.860. The molecule has 1 aromatic heterocycles. The van der Waals surface area contributed by atoms with E-state index in [0.717, 1.165) is 11.3 Å². The lowest BCUT2D eigenvalue weighted by atomic mass is 10.1. The van der Waals surface area contributed by atoms with Crippen LogP contribution in [0, 0.1) is 5.82 Å². The molecule has 2 rings (SSSR count). The fraction of sp³-hybridized carbons (Fsp3) is 0.333. The first-order valence-electron chi connectivity index (χ1n) is 6.67. The highest BCUT2D eigenvalue weighted by Gasteiger charge is 2.26. The lowest BCUT2D eigenvalue weighted by molar-refractivity contribution is -0.141. The van der Waals surface area contributed by atoms with Crippen LogP contribution in [0.25, 0.3) is 0 Å². The van der Waals surface area contributed by atoms with Crippen molar-refractivity contribution in [3.8, 4) is 0 Å². The first-order chi connectivity index (χ1) is 10.0. The summed E-state index contributed by atoms with van der Waals surface area (Å²) in [7, 11) is 3.11. The van der Waals surface area contributed by atoms with Crippen LogP contribution < -0.4 is 5.32 Å². The van der Waals surface area contributed by atoms with E-state index in [-0.39, 0.29) is 5.82 Å². The molecule has 6 heteroatoms. The second-order valence-corrected chi connectivity index (χ2v) is 4.67. The fourth-order valence-corrected chi connectivity index (χ4v) is 2.20. The van der Waals surface area contributed by atoms with Gasteiger partial charge in [0.25, 0.3) is 0 Å². The normalized spacial score (nSPS) is 12.0. The number of halogens is 1. The Bertz CT molecular complexity index is 640. The maximum Gasteiger partial charge on any atom is 0.333 e. The summed E-state index contributed by atoms with van der Waals surface area (Å²) in [5.74, 6) is -0.813. The number of aryl methyl sites for hydroxylation is 2. The van der Waals surface area contributed by atoms with Crippen molar-refractivity contribution in [1.82, 2.24) is 9.78 Å². The van der Waals surface area contributed by atoms with E-state index in [0.29, 0.717) is 12.1 Å². The van der Waals surface area contributed by atoms with Gasteiger partial charge in [0, 0.05) is 24.5 Å². The van der Waals surface area contributed by atoms with E-state index in [1.807, 2.05) is 6.92 Å². The molecule has 5 nitrogen and oxygen atoms in total. The number of carbonyl (C=O) groups is 1. The number of ether oxygens (including phenoxy) is 1. The number of methoxy groups -OCH3 is 1. The van der Waals surface area contributed by atoms with Gasteiger partial charge in [0.05, 0.1) is 12.8 Å². The summed E-state index contributed by atoms with van der Waals surface area (Å²) in [6.45, 7) is 1.96. The third-order valence-corrected chi connectivity index (χ3v) is 3.16. The number of nitrogens with one attached hydrogen (secondary N) is 1. The Hall–Kier alpha value is -2.37. The van der Waals surface area contributed by atoms with Crippen LogP contribution in [-0.2, 0) is 23.0 Å². The highest BCUT2D eigenvalue weighted by atomic mass is 19.1. The smallest absolute Gasteiger partial charge is 0.333 e. The van der Waals surface area contributed by atoms with Crippen molar-refractivity contribution in [1.29, 1.82) is 0 Å². The molecular formula is C15H18FN3O2. The molecule has 0 spiro atoms. The molecule has 2 aromatic rings. The largest absolute Gasteiger partial charge is 0.467 e. The third-order valence-electron chi connectivity index (χ3n) is 3.16. The Morgan fingerprint density at radius 1 is 1.52 bits per heavy atom.